The summed E-state index contributed by atoms with van der Waals surface area (Å²) in [7, 11) is 0. The summed E-state index contributed by atoms with van der Waals surface area (Å²) in [5.41, 5.74) is 0. The molecule has 0 heterocycles. The van der Waals surface area contributed by atoms with E-state index >= 15 is 0 Å². The van der Waals surface area contributed by atoms with Crippen LogP contribution in [-0.2, 0) is 0 Å². The lowest BCUT2D eigenvalue weighted by Crippen LogP contribution is -2.30. The molecule has 0 spiro atoms. The molecule has 0 rings (SSSR count). The molecule has 15 heavy (non-hydrogen) atoms. The summed E-state index contributed by atoms with van der Waals surface area (Å²) >= 11 is 3.51. The highest BCUT2D eigenvalue weighted by Crippen LogP contribution is 2.14. The smallest absolute Gasteiger partial charge is 0.00434 e. The number of alkyl halides is 1. The first kappa shape index (κ1) is 15.4. The van der Waals surface area contributed by atoms with Crippen LogP contribution in [0.5, 0.6) is 0 Å². The van der Waals surface area contributed by atoms with Crippen LogP contribution in [0.25, 0.3) is 0 Å². The van der Waals surface area contributed by atoms with Crippen LogP contribution in [0.2, 0.25) is 0 Å². The fraction of sp³-hybridized carbons (Fsp3) is 1.00. The first-order valence-corrected chi connectivity index (χ1v) is 7.68. The molecule has 1 atom stereocenters. The largest absolute Gasteiger partial charge is 0.303 e. The molecule has 0 aliphatic rings. The van der Waals surface area contributed by atoms with Gasteiger partial charge in [0.2, 0.25) is 0 Å². The quantitative estimate of drug-likeness (QED) is 0.538. The van der Waals surface area contributed by atoms with Gasteiger partial charge >= 0.3 is 0 Å². The van der Waals surface area contributed by atoms with E-state index in [4.69, 9.17) is 0 Å². The molecular formula is C13H28BrN. The molecule has 0 bridgehead atoms. The third-order valence-corrected chi connectivity index (χ3v) is 3.68. The number of halogens is 1. The molecule has 1 unspecified atom stereocenters. The Balaban J connectivity index is 3.77. The Kier molecular flexibility index (Phi) is 11.3. The number of nitrogens with zero attached hydrogens (tertiary/aromatic N) is 1. The zero-order chi connectivity index (χ0) is 11.5. The van der Waals surface area contributed by atoms with Crippen molar-refractivity contribution in [3.05, 3.63) is 0 Å². The topological polar surface area (TPSA) is 3.24 Å². The highest BCUT2D eigenvalue weighted by molar-refractivity contribution is 9.09. The standard InChI is InChI=1S/C13H28BrN/c1-4-7-9-13(5-2)12-15(6-3)11-8-10-14/h13H,4-12H2,1-3H3. The second-order valence-corrected chi connectivity index (χ2v) is 5.15. The monoisotopic (exact) mass is 277 g/mol. The van der Waals surface area contributed by atoms with E-state index in [9.17, 15) is 0 Å². The molecule has 0 aromatic carbocycles. The van der Waals surface area contributed by atoms with E-state index in [-0.39, 0.29) is 0 Å². The molecule has 0 fully saturated rings. The van der Waals surface area contributed by atoms with Crippen molar-refractivity contribution in [1.82, 2.24) is 4.90 Å². The summed E-state index contributed by atoms with van der Waals surface area (Å²) in [6, 6.07) is 0. The van der Waals surface area contributed by atoms with Crippen LogP contribution in [0.1, 0.15) is 52.9 Å². The number of rotatable bonds is 10. The van der Waals surface area contributed by atoms with E-state index in [1.165, 1.54) is 51.7 Å². The van der Waals surface area contributed by atoms with Crippen LogP contribution in [-0.4, -0.2) is 29.9 Å². The van der Waals surface area contributed by atoms with Crippen molar-refractivity contribution in [2.75, 3.05) is 25.0 Å². The van der Waals surface area contributed by atoms with Crippen LogP contribution >= 0.6 is 15.9 Å². The Hall–Kier alpha value is 0.440. The van der Waals surface area contributed by atoms with Crippen molar-refractivity contribution in [2.45, 2.75) is 52.9 Å². The van der Waals surface area contributed by atoms with Crippen molar-refractivity contribution in [3.63, 3.8) is 0 Å². The van der Waals surface area contributed by atoms with E-state index in [1.807, 2.05) is 0 Å². The summed E-state index contributed by atoms with van der Waals surface area (Å²) < 4.78 is 0. The molecule has 0 aromatic heterocycles. The van der Waals surface area contributed by atoms with Gasteiger partial charge in [0.05, 0.1) is 0 Å². The zero-order valence-corrected chi connectivity index (χ0v) is 12.4. The summed E-state index contributed by atoms with van der Waals surface area (Å²) in [5, 5.41) is 1.13. The van der Waals surface area contributed by atoms with Gasteiger partial charge < -0.3 is 4.90 Å². The summed E-state index contributed by atoms with van der Waals surface area (Å²) in [6.07, 6.45) is 6.76. The molecule has 0 amide bonds. The van der Waals surface area contributed by atoms with Gasteiger partial charge in [-0.05, 0) is 31.8 Å². The maximum Gasteiger partial charge on any atom is 0.00434 e. The minimum atomic E-state index is 0.917. The third kappa shape index (κ3) is 8.27. The normalized spacial score (nSPS) is 13.4. The van der Waals surface area contributed by atoms with Gasteiger partial charge in [0.1, 0.15) is 0 Å². The Morgan fingerprint density at radius 2 is 1.87 bits per heavy atom. The van der Waals surface area contributed by atoms with Crippen molar-refractivity contribution in [1.29, 1.82) is 0 Å². The molecule has 0 saturated carbocycles. The summed E-state index contributed by atoms with van der Waals surface area (Å²) in [5.74, 6) is 0.917. The Morgan fingerprint density at radius 3 is 2.33 bits per heavy atom. The first-order chi connectivity index (χ1) is 7.28. The van der Waals surface area contributed by atoms with Crippen LogP contribution in [0.3, 0.4) is 0 Å². The molecule has 0 aromatic rings. The number of unbranched alkanes of at least 4 members (excludes halogenated alkanes) is 1. The van der Waals surface area contributed by atoms with Crippen LogP contribution in [0.15, 0.2) is 0 Å². The van der Waals surface area contributed by atoms with Gasteiger partial charge in [0.25, 0.3) is 0 Å². The average molecular weight is 278 g/mol. The Bertz CT molecular complexity index is 114. The SMILES string of the molecule is CCCCC(CC)CN(CC)CCCBr. The second kappa shape index (κ2) is 10.9. The minimum absolute atomic E-state index is 0.917. The van der Waals surface area contributed by atoms with Crippen molar-refractivity contribution in [2.24, 2.45) is 5.92 Å². The lowest BCUT2D eigenvalue weighted by molar-refractivity contribution is 0.229. The summed E-state index contributed by atoms with van der Waals surface area (Å²) in [6.45, 7) is 10.7. The van der Waals surface area contributed by atoms with E-state index < -0.39 is 0 Å². The maximum absolute atomic E-state index is 3.51. The van der Waals surface area contributed by atoms with E-state index in [2.05, 4.69) is 41.6 Å². The fourth-order valence-corrected chi connectivity index (χ4v) is 2.20. The predicted octanol–water partition coefficient (Wildman–Crippen LogP) is 4.31. The maximum atomic E-state index is 3.51. The molecule has 0 radical (unpaired) electrons. The van der Waals surface area contributed by atoms with E-state index in [0.717, 1.165) is 11.2 Å². The Morgan fingerprint density at radius 1 is 1.13 bits per heavy atom. The second-order valence-electron chi connectivity index (χ2n) is 4.35. The average Bonchev–Trinajstić information content (AvgIpc) is 2.28. The Labute approximate surface area is 105 Å². The van der Waals surface area contributed by atoms with Crippen LogP contribution in [0.4, 0.5) is 0 Å². The third-order valence-electron chi connectivity index (χ3n) is 3.11. The van der Waals surface area contributed by atoms with Gasteiger partial charge in [0.15, 0.2) is 0 Å². The van der Waals surface area contributed by atoms with Crippen molar-refractivity contribution in [3.8, 4) is 0 Å². The highest BCUT2D eigenvalue weighted by Gasteiger charge is 2.10. The molecule has 92 valence electrons. The first-order valence-electron chi connectivity index (χ1n) is 6.56. The summed E-state index contributed by atoms with van der Waals surface area (Å²) in [4.78, 5) is 2.60. The van der Waals surface area contributed by atoms with Crippen molar-refractivity contribution >= 4 is 15.9 Å². The van der Waals surface area contributed by atoms with Gasteiger partial charge in [0, 0.05) is 11.9 Å². The molecule has 1 nitrogen and oxygen atoms in total. The zero-order valence-electron chi connectivity index (χ0n) is 10.8. The number of hydrogen-bond donors (Lipinski definition) is 0. The number of hydrogen-bond acceptors (Lipinski definition) is 1. The molecule has 0 aliphatic carbocycles. The van der Waals surface area contributed by atoms with Gasteiger partial charge in [-0.25, -0.2) is 0 Å². The molecule has 0 N–H and O–H groups in total. The molecule has 0 saturated heterocycles. The lowest BCUT2D eigenvalue weighted by atomic mass is 9.98. The lowest BCUT2D eigenvalue weighted by Gasteiger charge is -2.25. The van der Waals surface area contributed by atoms with E-state index in [1.54, 1.807) is 0 Å². The predicted molar refractivity (Wildman–Crippen MR) is 73.8 cm³/mol. The highest BCUT2D eigenvalue weighted by atomic mass is 79.9. The van der Waals surface area contributed by atoms with Crippen LogP contribution < -0.4 is 0 Å². The molecule has 2 heteroatoms. The molecule has 0 aliphatic heterocycles. The fourth-order valence-electron chi connectivity index (χ4n) is 1.94. The van der Waals surface area contributed by atoms with Gasteiger partial charge in [-0.1, -0.05) is 56.0 Å². The van der Waals surface area contributed by atoms with E-state index in [0.29, 0.717) is 0 Å². The molecular weight excluding hydrogens is 250 g/mol. The van der Waals surface area contributed by atoms with Gasteiger partial charge in [-0.2, -0.15) is 0 Å². The minimum Gasteiger partial charge on any atom is -0.303 e. The van der Waals surface area contributed by atoms with Gasteiger partial charge in [-0.3, -0.25) is 0 Å². The van der Waals surface area contributed by atoms with Gasteiger partial charge in [-0.15, -0.1) is 0 Å². The van der Waals surface area contributed by atoms with Crippen LogP contribution in [0, 0.1) is 5.92 Å². The van der Waals surface area contributed by atoms with Crippen molar-refractivity contribution < 1.29 is 0 Å².